The van der Waals surface area contributed by atoms with Crippen molar-refractivity contribution in [1.29, 1.82) is 0 Å². The highest BCUT2D eigenvalue weighted by atomic mass is 16.5. The zero-order valence-corrected chi connectivity index (χ0v) is 17.2. The van der Waals surface area contributed by atoms with E-state index in [1.807, 2.05) is 42.5 Å². The number of nitrogens with zero attached hydrogens (tertiary/aromatic N) is 1. The van der Waals surface area contributed by atoms with Crippen molar-refractivity contribution in [3.05, 3.63) is 77.4 Å². The average molecular weight is 386 g/mol. The Labute approximate surface area is 172 Å². The summed E-state index contributed by atoms with van der Waals surface area (Å²) < 4.78 is 5.23. The summed E-state index contributed by atoms with van der Waals surface area (Å²) >= 11 is 0. The quantitative estimate of drug-likeness (QED) is 0.625. The summed E-state index contributed by atoms with van der Waals surface area (Å²) in [5.41, 5.74) is 4.97. The number of aryl methyl sites for hydroxylation is 2. The van der Waals surface area contributed by atoms with E-state index in [0.717, 1.165) is 47.4 Å². The maximum Gasteiger partial charge on any atom is 0.236 e. The molecule has 0 radical (unpaired) electrons. The lowest BCUT2D eigenvalue weighted by Gasteiger charge is -2.17. The smallest absolute Gasteiger partial charge is 0.236 e. The van der Waals surface area contributed by atoms with E-state index in [0.29, 0.717) is 5.82 Å². The van der Waals surface area contributed by atoms with Crippen LogP contribution in [-0.2, 0) is 16.6 Å². The minimum absolute atomic E-state index is 0.00810. The van der Waals surface area contributed by atoms with Crippen molar-refractivity contribution in [2.45, 2.75) is 38.5 Å². The summed E-state index contributed by atoms with van der Waals surface area (Å²) in [6, 6.07) is 20.0. The minimum atomic E-state index is -0.458. The summed E-state index contributed by atoms with van der Waals surface area (Å²) in [7, 11) is 1.64. The summed E-state index contributed by atoms with van der Waals surface area (Å²) in [5, 5.41) is 3.07. The van der Waals surface area contributed by atoms with Crippen molar-refractivity contribution in [2.75, 3.05) is 12.4 Å². The molecule has 148 valence electrons. The largest absolute Gasteiger partial charge is 0.497 e. The Bertz CT molecular complexity index is 1040. The average Bonchev–Trinajstić information content (AvgIpc) is 3.57. The number of aromatic nitrogens is 1. The molecule has 1 N–H and O–H groups in total. The van der Waals surface area contributed by atoms with Crippen molar-refractivity contribution >= 4 is 11.7 Å². The van der Waals surface area contributed by atoms with Crippen molar-refractivity contribution in [3.63, 3.8) is 0 Å². The zero-order valence-electron chi connectivity index (χ0n) is 17.2. The van der Waals surface area contributed by atoms with Gasteiger partial charge in [-0.05, 0) is 61.1 Å². The van der Waals surface area contributed by atoms with Gasteiger partial charge in [-0.15, -0.1) is 0 Å². The van der Waals surface area contributed by atoms with Crippen LogP contribution in [0.5, 0.6) is 5.75 Å². The fraction of sp³-hybridized carbons (Fsp3) is 0.280. The molecule has 4 heteroatoms. The van der Waals surface area contributed by atoms with Crippen LogP contribution in [0.4, 0.5) is 5.82 Å². The molecule has 1 aliphatic rings. The lowest BCUT2D eigenvalue weighted by molar-refractivity contribution is -0.118. The van der Waals surface area contributed by atoms with Gasteiger partial charge < -0.3 is 10.1 Å². The molecule has 1 saturated carbocycles. The molecular weight excluding hydrogens is 360 g/mol. The molecule has 0 bridgehead atoms. The van der Waals surface area contributed by atoms with E-state index in [1.165, 1.54) is 5.56 Å². The standard InChI is InChI=1S/C25H26N2O2/c1-4-18-7-5-6-8-21(18)23-17(2)9-14-22(26-23)27-24(28)25(15-16-25)19-10-12-20(29-3)13-11-19/h5-14H,4,15-16H2,1-3H3,(H,26,27,28). The van der Waals surface area contributed by atoms with E-state index in [1.54, 1.807) is 7.11 Å². The van der Waals surface area contributed by atoms with Crippen LogP contribution in [0.1, 0.15) is 36.5 Å². The Kier molecular flexibility index (Phi) is 5.10. The van der Waals surface area contributed by atoms with Crippen molar-refractivity contribution in [1.82, 2.24) is 4.98 Å². The first-order valence-electron chi connectivity index (χ1n) is 10.1. The van der Waals surface area contributed by atoms with Crippen LogP contribution >= 0.6 is 0 Å². The van der Waals surface area contributed by atoms with Gasteiger partial charge in [0.25, 0.3) is 0 Å². The SMILES string of the molecule is CCc1ccccc1-c1nc(NC(=O)C2(c3ccc(OC)cc3)CC2)ccc1C. The molecule has 0 aliphatic heterocycles. The monoisotopic (exact) mass is 386 g/mol. The second-order valence-corrected chi connectivity index (χ2v) is 7.64. The third kappa shape index (κ3) is 3.63. The maximum absolute atomic E-state index is 13.1. The van der Waals surface area contributed by atoms with Gasteiger partial charge in [-0.25, -0.2) is 4.98 Å². The van der Waals surface area contributed by atoms with E-state index >= 15 is 0 Å². The molecule has 29 heavy (non-hydrogen) atoms. The van der Waals surface area contributed by atoms with Gasteiger partial charge in [-0.1, -0.05) is 49.4 Å². The number of rotatable bonds is 6. The van der Waals surface area contributed by atoms with Crippen LogP contribution in [0, 0.1) is 6.92 Å². The summed E-state index contributed by atoms with van der Waals surface area (Å²) in [5.74, 6) is 1.40. The fourth-order valence-corrected chi connectivity index (χ4v) is 3.85. The lowest BCUT2D eigenvalue weighted by Crippen LogP contribution is -2.28. The molecular formula is C25H26N2O2. The van der Waals surface area contributed by atoms with Gasteiger partial charge in [-0.3, -0.25) is 4.79 Å². The summed E-state index contributed by atoms with van der Waals surface area (Å²) in [4.78, 5) is 17.9. The van der Waals surface area contributed by atoms with Gasteiger partial charge in [0.2, 0.25) is 5.91 Å². The molecule has 1 amide bonds. The number of methoxy groups -OCH3 is 1. The van der Waals surface area contributed by atoms with E-state index in [9.17, 15) is 4.79 Å². The molecule has 1 aliphatic carbocycles. The van der Waals surface area contributed by atoms with Crippen LogP contribution in [0.2, 0.25) is 0 Å². The molecule has 4 rings (SSSR count). The molecule has 2 aromatic carbocycles. The van der Waals surface area contributed by atoms with Gasteiger partial charge in [-0.2, -0.15) is 0 Å². The lowest BCUT2D eigenvalue weighted by atomic mass is 9.95. The second kappa shape index (κ2) is 7.70. The molecule has 0 spiro atoms. The second-order valence-electron chi connectivity index (χ2n) is 7.64. The Morgan fingerprint density at radius 2 is 1.79 bits per heavy atom. The molecule has 3 aromatic rings. The van der Waals surface area contributed by atoms with Crippen LogP contribution in [0.15, 0.2) is 60.7 Å². The van der Waals surface area contributed by atoms with Crippen LogP contribution in [0.25, 0.3) is 11.3 Å². The molecule has 1 fully saturated rings. The molecule has 0 atom stereocenters. The van der Waals surface area contributed by atoms with Gasteiger partial charge in [0.1, 0.15) is 11.6 Å². The van der Waals surface area contributed by atoms with Crippen LogP contribution < -0.4 is 10.1 Å². The Balaban J connectivity index is 1.60. The zero-order chi connectivity index (χ0) is 20.4. The molecule has 0 saturated heterocycles. The van der Waals surface area contributed by atoms with Gasteiger partial charge in [0, 0.05) is 5.56 Å². The number of hydrogen-bond acceptors (Lipinski definition) is 3. The predicted octanol–water partition coefficient (Wildman–Crippen LogP) is 5.30. The minimum Gasteiger partial charge on any atom is -0.497 e. The number of carbonyl (C=O) groups excluding carboxylic acids is 1. The number of carbonyl (C=O) groups is 1. The molecule has 4 nitrogen and oxygen atoms in total. The number of amides is 1. The predicted molar refractivity (Wildman–Crippen MR) is 116 cm³/mol. The van der Waals surface area contributed by atoms with Gasteiger partial charge in [0.05, 0.1) is 18.2 Å². The highest BCUT2D eigenvalue weighted by Crippen LogP contribution is 2.49. The topological polar surface area (TPSA) is 51.2 Å². The number of benzene rings is 2. The number of anilines is 1. The van der Waals surface area contributed by atoms with E-state index in [2.05, 4.69) is 37.4 Å². The summed E-state index contributed by atoms with van der Waals surface area (Å²) in [6.45, 7) is 4.20. The van der Waals surface area contributed by atoms with Crippen molar-refractivity contribution < 1.29 is 9.53 Å². The third-order valence-corrected chi connectivity index (χ3v) is 5.82. The first kappa shape index (κ1) is 19.2. The highest BCUT2D eigenvalue weighted by molar-refractivity contribution is 6.01. The third-order valence-electron chi connectivity index (χ3n) is 5.82. The molecule has 1 heterocycles. The Hall–Kier alpha value is -3.14. The number of ether oxygens (including phenoxy) is 1. The fourth-order valence-electron chi connectivity index (χ4n) is 3.85. The maximum atomic E-state index is 13.1. The molecule has 0 unspecified atom stereocenters. The first-order valence-corrected chi connectivity index (χ1v) is 10.1. The number of hydrogen-bond donors (Lipinski definition) is 1. The van der Waals surface area contributed by atoms with E-state index in [-0.39, 0.29) is 5.91 Å². The van der Waals surface area contributed by atoms with E-state index in [4.69, 9.17) is 9.72 Å². The Morgan fingerprint density at radius 1 is 1.07 bits per heavy atom. The Morgan fingerprint density at radius 3 is 2.45 bits per heavy atom. The van der Waals surface area contributed by atoms with Crippen LogP contribution in [-0.4, -0.2) is 18.0 Å². The highest BCUT2D eigenvalue weighted by Gasteiger charge is 2.51. The van der Waals surface area contributed by atoms with Crippen molar-refractivity contribution in [3.8, 4) is 17.0 Å². The number of nitrogens with one attached hydrogen (secondary N) is 1. The molecule has 1 aromatic heterocycles. The van der Waals surface area contributed by atoms with Crippen molar-refractivity contribution in [2.24, 2.45) is 0 Å². The van der Waals surface area contributed by atoms with Gasteiger partial charge in [0.15, 0.2) is 0 Å². The normalized spacial score (nSPS) is 14.3. The van der Waals surface area contributed by atoms with E-state index < -0.39 is 5.41 Å². The van der Waals surface area contributed by atoms with Crippen LogP contribution in [0.3, 0.4) is 0 Å². The van der Waals surface area contributed by atoms with Gasteiger partial charge >= 0.3 is 0 Å². The number of pyridine rings is 1. The summed E-state index contributed by atoms with van der Waals surface area (Å²) in [6.07, 6.45) is 2.64. The first-order chi connectivity index (χ1) is 14.1.